The zero-order chi connectivity index (χ0) is 20.4. The van der Waals surface area contributed by atoms with Gasteiger partial charge in [-0.25, -0.2) is 9.97 Å². The van der Waals surface area contributed by atoms with Gasteiger partial charge in [-0.15, -0.1) is 0 Å². The van der Waals surface area contributed by atoms with Gasteiger partial charge in [0.15, 0.2) is 0 Å². The Morgan fingerprint density at radius 1 is 1.21 bits per heavy atom. The van der Waals surface area contributed by atoms with E-state index in [4.69, 9.17) is 9.72 Å². The third-order valence-corrected chi connectivity index (χ3v) is 5.55. The normalized spacial score (nSPS) is 17.2. The average Bonchev–Trinajstić information content (AvgIpc) is 3.04. The second-order valence-electron chi connectivity index (χ2n) is 7.79. The van der Waals surface area contributed by atoms with Crippen LogP contribution in [0.5, 0.6) is 0 Å². The first kappa shape index (κ1) is 20.0. The van der Waals surface area contributed by atoms with Gasteiger partial charge < -0.3 is 14.2 Å². The van der Waals surface area contributed by atoms with Gasteiger partial charge in [0.2, 0.25) is 5.91 Å². The minimum absolute atomic E-state index is 0.0847. The summed E-state index contributed by atoms with van der Waals surface area (Å²) in [7, 11) is 0. The van der Waals surface area contributed by atoms with E-state index in [1.807, 2.05) is 47.4 Å². The zero-order valence-corrected chi connectivity index (χ0v) is 18.3. The van der Waals surface area contributed by atoms with Gasteiger partial charge in [-0.2, -0.15) is 0 Å². The molecule has 1 fully saturated rings. The third-order valence-electron chi connectivity index (χ3n) is 5.10. The van der Waals surface area contributed by atoms with Crippen LogP contribution >= 0.6 is 15.9 Å². The van der Waals surface area contributed by atoms with Gasteiger partial charge in [-0.05, 0) is 46.1 Å². The lowest BCUT2D eigenvalue weighted by Crippen LogP contribution is -2.44. The first-order valence-corrected chi connectivity index (χ1v) is 10.8. The van der Waals surface area contributed by atoms with E-state index in [0.717, 1.165) is 33.6 Å². The summed E-state index contributed by atoms with van der Waals surface area (Å²) < 4.78 is 8.72. The molecule has 1 aliphatic heterocycles. The van der Waals surface area contributed by atoms with Crippen molar-refractivity contribution in [3.05, 3.63) is 58.6 Å². The number of imidazole rings is 1. The number of amides is 1. The molecule has 0 saturated carbocycles. The van der Waals surface area contributed by atoms with Crippen molar-refractivity contribution in [3.63, 3.8) is 0 Å². The first-order valence-electron chi connectivity index (χ1n) is 9.97. The maximum atomic E-state index is 13.2. The minimum Gasteiger partial charge on any atom is -0.368 e. The SMILES string of the molecule is CC(C)Cc1nc2ccccc2n1CC(=O)N1CCO[C@H](c2cccc(Br)n2)C1. The summed E-state index contributed by atoms with van der Waals surface area (Å²) in [5.41, 5.74) is 2.79. The quantitative estimate of drug-likeness (QED) is 0.544. The van der Waals surface area contributed by atoms with Crippen molar-refractivity contribution in [2.45, 2.75) is 32.9 Å². The minimum atomic E-state index is -0.208. The number of hydrogen-bond acceptors (Lipinski definition) is 4. The van der Waals surface area contributed by atoms with Crippen LogP contribution in [0.2, 0.25) is 0 Å². The molecule has 0 bridgehead atoms. The Kier molecular flexibility index (Phi) is 5.96. The predicted octanol–water partition coefficient (Wildman–Crippen LogP) is 3.99. The maximum absolute atomic E-state index is 13.2. The number of morpholine rings is 1. The molecule has 6 nitrogen and oxygen atoms in total. The zero-order valence-electron chi connectivity index (χ0n) is 16.7. The lowest BCUT2D eigenvalue weighted by Gasteiger charge is -2.33. The van der Waals surface area contributed by atoms with Crippen molar-refractivity contribution in [2.75, 3.05) is 19.7 Å². The van der Waals surface area contributed by atoms with E-state index in [2.05, 4.69) is 39.3 Å². The van der Waals surface area contributed by atoms with Gasteiger partial charge in [0, 0.05) is 13.0 Å². The summed E-state index contributed by atoms with van der Waals surface area (Å²) in [5.74, 6) is 1.52. The number of benzene rings is 1. The molecule has 4 rings (SSSR count). The van der Waals surface area contributed by atoms with E-state index < -0.39 is 0 Å². The molecule has 1 aliphatic rings. The fourth-order valence-corrected chi connectivity index (χ4v) is 4.07. The molecule has 3 heterocycles. The van der Waals surface area contributed by atoms with Crippen molar-refractivity contribution in [1.82, 2.24) is 19.4 Å². The number of aromatic nitrogens is 3. The Morgan fingerprint density at radius 2 is 2.03 bits per heavy atom. The molecule has 0 unspecified atom stereocenters. The lowest BCUT2D eigenvalue weighted by molar-refractivity contribution is -0.139. The number of para-hydroxylation sites is 2. The molecule has 0 spiro atoms. The van der Waals surface area contributed by atoms with Crippen molar-refractivity contribution in [2.24, 2.45) is 5.92 Å². The molecule has 0 radical (unpaired) electrons. The molecule has 1 amide bonds. The summed E-state index contributed by atoms with van der Waals surface area (Å²) in [6, 6.07) is 13.8. The number of rotatable bonds is 5. The van der Waals surface area contributed by atoms with E-state index >= 15 is 0 Å². The van der Waals surface area contributed by atoms with Gasteiger partial charge in [-0.3, -0.25) is 4.79 Å². The number of pyridine rings is 1. The third kappa shape index (κ3) is 4.51. The van der Waals surface area contributed by atoms with E-state index in [-0.39, 0.29) is 12.0 Å². The fraction of sp³-hybridized carbons (Fsp3) is 0.409. The van der Waals surface area contributed by atoms with Gasteiger partial charge in [0.1, 0.15) is 23.1 Å². The van der Waals surface area contributed by atoms with Crippen LogP contribution in [-0.2, 0) is 22.5 Å². The highest BCUT2D eigenvalue weighted by atomic mass is 79.9. The Balaban J connectivity index is 1.54. The summed E-state index contributed by atoms with van der Waals surface area (Å²) in [6.07, 6.45) is 0.634. The topological polar surface area (TPSA) is 60.2 Å². The summed E-state index contributed by atoms with van der Waals surface area (Å²) in [5, 5.41) is 0. The highest BCUT2D eigenvalue weighted by molar-refractivity contribution is 9.10. The van der Waals surface area contributed by atoms with E-state index in [0.29, 0.717) is 32.2 Å². The van der Waals surface area contributed by atoms with Gasteiger partial charge in [0.05, 0.1) is 29.9 Å². The molecular formula is C22H25BrN4O2. The smallest absolute Gasteiger partial charge is 0.242 e. The Morgan fingerprint density at radius 3 is 2.83 bits per heavy atom. The molecule has 2 aromatic heterocycles. The number of carbonyl (C=O) groups excluding carboxylic acids is 1. The van der Waals surface area contributed by atoms with Gasteiger partial charge in [0.25, 0.3) is 0 Å². The number of ether oxygens (including phenoxy) is 1. The van der Waals surface area contributed by atoms with E-state index in [1.54, 1.807) is 0 Å². The highest BCUT2D eigenvalue weighted by Gasteiger charge is 2.27. The van der Waals surface area contributed by atoms with Crippen LogP contribution in [0.25, 0.3) is 11.0 Å². The molecule has 1 atom stereocenters. The number of fused-ring (bicyclic) bond motifs is 1. The summed E-state index contributed by atoms with van der Waals surface area (Å²) in [4.78, 5) is 24.3. The monoisotopic (exact) mass is 456 g/mol. The summed E-state index contributed by atoms with van der Waals surface area (Å²) >= 11 is 3.41. The van der Waals surface area contributed by atoms with Crippen molar-refractivity contribution < 1.29 is 9.53 Å². The van der Waals surface area contributed by atoms with Crippen LogP contribution in [-0.4, -0.2) is 45.0 Å². The predicted molar refractivity (Wildman–Crippen MR) is 115 cm³/mol. The van der Waals surface area contributed by atoms with Crippen molar-refractivity contribution >= 4 is 32.9 Å². The van der Waals surface area contributed by atoms with Crippen LogP contribution in [0.3, 0.4) is 0 Å². The Hall–Kier alpha value is -2.25. The molecule has 29 heavy (non-hydrogen) atoms. The van der Waals surface area contributed by atoms with Gasteiger partial charge >= 0.3 is 0 Å². The lowest BCUT2D eigenvalue weighted by atomic mass is 10.1. The molecule has 7 heteroatoms. The fourth-order valence-electron chi connectivity index (χ4n) is 3.72. The summed E-state index contributed by atoms with van der Waals surface area (Å²) in [6.45, 7) is 6.24. The van der Waals surface area contributed by atoms with Gasteiger partial charge in [-0.1, -0.05) is 32.0 Å². The van der Waals surface area contributed by atoms with Crippen LogP contribution in [0, 0.1) is 5.92 Å². The number of nitrogens with zero attached hydrogens (tertiary/aromatic N) is 4. The Bertz CT molecular complexity index is 1020. The molecule has 152 valence electrons. The molecule has 1 aromatic carbocycles. The van der Waals surface area contributed by atoms with E-state index in [1.165, 1.54) is 0 Å². The first-order chi connectivity index (χ1) is 14.0. The number of carbonyl (C=O) groups is 1. The molecule has 1 saturated heterocycles. The molecular weight excluding hydrogens is 432 g/mol. The van der Waals surface area contributed by atoms with Crippen molar-refractivity contribution in [1.29, 1.82) is 0 Å². The maximum Gasteiger partial charge on any atom is 0.242 e. The van der Waals surface area contributed by atoms with Crippen LogP contribution < -0.4 is 0 Å². The Labute approximate surface area is 179 Å². The van der Waals surface area contributed by atoms with Crippen molar-refractivity contribution in [3.8, 4) is 0 Å². The number of halogens is 1. The van der Waals surface area contributed by atoms with Crippen LogP contribution in [0.1, 0.15) is 31.5 Å². The molecule has 3 aromatic rings. The highest BCUT2D eigenvalue weighted by Crippen LogP contribution is 2.23. The second kappa shape index (κ2) is 8.63. The largest absolute Gasteiger partial charge is 0.368 e. The van der Waals surface area contributed by atoms with E-state index in [9.17, 15) is 4.79 Å². The average molecular weight is 457 g/mol. The van der Waals surface area contributed by atoms with Crippen LogP contribution in [0.15, 0.2) is 47.1 Å². The molecule has 0 aliphatic carbocycles. The standard InChI is InChI=1S/C22H25BrN4O2/c1-15(2)12-21-25-16-6-3-4-8-18(16)27(21)14-22(28)26-10-11-29-19(13-26)17-7-5-9-20(23)24-17/h3-9,15,19H,10-14H2,1-2H3/t19-/m0/s1. The second-order valence-corrected chi connectivity index (χ2v) is 8.60. The molecule has 0 N–H and O–H groups in total. The van der Waals surface area contributed by atoms with Crippen LogP contribution in [0.4, 0.5) is 0 Å². The number of hydrogen-bond donors (Lipinski definition) is 0.